The van der Waals surface area contributed by atoms with Crippen LogP contribution in [0.5, 0.6) is 11.5 Å². The monoisotopic (exact) mass is 346 g/mol. The Hall–Kier alpha value is -1.13. The van der Waals surface area contributed by atoms with Gasteiger partial charge in [0.1, 0.15) is 24.2 Å². The molecule has 1 N–H and O–H groups in total. The largest absolute Gasteiger partial charge is 0.497 e. The van der Waals surface area contributed by atoms with Crippen molar-refractivity contribution in [3.8, 4) is 11.5 Å². The lowest BCUT2D eigenvalue weighted by atomic mass is 10.1. The minimum absolute atomic E-state index is 0.0326. The molecule has 1 unspecified atom stereocenters. The fraction of sp³-hybridized carbons (Fsp3) is 0.200. The lowest BCUT2D eigenvalue weighted by molar-refractivity contribution is 0.108. The topological polar surface area (TPSA) is 38.7 Å². The zero-order valence-corrected chi connectivity index (χ0v) is 13.4. The van der Waals surface area contributed by atoms with Gasteiger partial charge < -0.3 is 14.6 Å². The highest BCUT2D eigenvalue weighted by atomic mass is 35.5. The fourth-order valence-electron chi connectivity index (χ4n) is 1.73. The van der Waals surface area contributed by atoms with E-state index in [1.165, 1.54) is 12.1 Å². The van der Waals surface area contributed by atoms with E-state index in [1.807, 2.05) is 0 Å². The Kier molecular flexibility index (Phi) is 5.59. The molecule has 112 valence electrons. The van der Waals surface area contributed by atoms with Crippen molar-refractivity contribution in [1.82, 2.24) is 0 Å². The van der Waals surface area contributed by atoms with Crippen LogP contribution < -0.4 is 9.47 Å². The number of benzene rings is 2. The van der Waals surface area contributed by atoms with Crippen LogP contribution >= 0.6 is 34.8 Å². The molecule has 0 spiro atoms. The van der Waals surface area contributed by atoms with Crippen LogP contribution in [0.4, 0.5) is 0 Å². The van der Waals surface area contributed by atoms with Crippen LogP contribution in [-0.2, 0) is 0 Å². The molecular formula is C15H13Cl3O3. The third-order valence-electron chi connectivity index (χ3n) is 2.85. The first-order valence-corrected chi connectivity index (χ1v) is 7.24. The number of hydrogen-bond acceptors (Lipinski definition) is 3. The minimum Gasteiger partial charge on any atom is -0.497 e. The van der Waals surface area contributed by atoms with Gasteiger partial charge in [-0.25, -0.2) is 0 Å². The van der Waals surface area contributed by atoms with Gasteiger partial charge in [-0.15, -0.1) is 0 Å². The average Bonchev–Trinajstić information content (AvgIpc) is 2.49. The van der Waals surface area contributed by atoms with E-state index in [1.54, 1.807) is 31.4 Å². The van der Waals surface area contributed by atoms with Crippen LogP contribution in [0.2, 0.25) is 15.1 Å². The number of aliphatic hydroxyl groups is 1. The van der Waals surface area contributed by atoms with Crippen LogP contribution in [0.15, 0.2) is 36.4 Å². The van der Waals surface area contributed by atoms with Crippen LogP contribution in [-0.4, -0.2) is 18.8 Å². The number of rotatable bonds is 5. The summed E-state index contributed by atoms with van der Waals surface area (Å²) >= 11 is 17.8. The average molecular weight is 348 g/mol. The van der Waals surface area contributed by atoms with Gasteiger partial charge in [0.15, 0.2) is 0 Å². The van der Waals surface area contributed by atoms with Crippen molar-refractivity contribution < 1.29 is 14.6 Å². The second kappa shape index (κ2) is 7.23. The number of methoxy groups -OCH3 is 1. The SMILES string of the molecule is COc1cccc(C(O)COc2cc(Cl)c(Cl)cc2Cl)c1. The van der Waals surface area contributed by atoms with Crippen LogP contribution in [0.1, 0.15) is 11.7 Å². The van der Waals surface area contributed by atoms with E-state index < -0.39 is 6.10 Å². The molecule has 0 aromatic heterocycles. The highest BCUT2D eigenvalue weighted by Crippen LogP contribution is 2.34. The Morgan fingerprint density at radius 3 is 2.48 bits per heavy atom. The molecule has 2 aromatic carbocycles. The molecule has 0 heterocycles. The van der Waals surface area contributed by atoms with Crippen molar-refractivity contribution in [1.29, 1.82) is 0 Å². The molecule has 2 aromatic rings. The molecule has 2 rings (SSSR count). The highest BCUT2D eigenvalue weighted by molar-refractivity contribution is 6.43. The normalized spacial score (nSPS) is 12.0. The van der Waals surface area contributed by atoms with Crippen molar-refractivity contribution in [3.63, 3.8) is 0 Å². The van der Waals surface area contributed by atoms with E-state index in [0.717, 1.165) is 0 Å². The maximum atomic E-state index is 10.1. The molecule has 0 aliphatic heterocycles. The Balaban J connectivity index is 2.07. The van der Waals surface area contributed by atoms with Gasteiger partial charge in [-0.05, 0) is 23.8 Å². The lowest BCUT2D eigenvalue weighted by Gasteiger charge is -2.14. The van der Waals surface area contributed by atoms with Gasteiger partial charge in [-0.2, -0.15) is 0 Å². The third-order valence-corrected chi connectivity index (χ3v) is 3.87. The number of aliphatic hydroxyl groups excluding tert-OH is 1. The third kappa shape index (κ3) is 4.17. The van der Waals surface area contributed by atoms with Crippen LogP contribution in [0.3, 0.4) is 0 Å². The van der Waals surface area contributed by atoms with E-state index in [9.17, 15) is 5.11 Å². The molecule has 0 aliphatic carbocycles. The fourth-order valence-corrected chi connectivity index (χ4v) is 2.32. The maximum absolute atomic E-state index is 10.1. The summed E-state index contributed by atoms with van der Waals surface area (Å²) in [6.45, 7) is 0.0326. The van der Waals surface area contributed by atoms with E-state index in [-0.39, 0.29) is 6.61 Å². The van der Waals surface area contributed by atoms with Gasteiger partial charge >= 0.3 is 0 Å². The lowest BCUT2D eigenvalue weighted by Crippen LogP contribution is -2.10. The molecule has 0 bridgehead atoms. The quantitative estimate of drug-likeness (QED) is 0.792. The summed E-state index contributed by atoms with van der Waals surface area (Å²) in [5, 5.41) is 11.2. The Morgan fingerprint density at radius 2 is 1.76 bits per heavy atom. The molecule has 0 fully saturated rings. The van der Waals surface area contributed by atoms with E-state index in [4.69, 9.17) is 44.3 Å². The summed E-state index contributed by atoms with van der Waals surface area (Å²) in [7, 11) is 1.57. The minimum atomic E-state index is -0.814. The molecule has 1 atom stereocenters. The summed E-state index contributed by atoms with van der Waals surface area (Å²) in [5.74, 6) is 1.03. The standard InChI is InChI=1S/C15H13Cl3O3/c1-20-10-4-2-3-9(5-10)14(19)8-21-15-7-12(17)11(16)6-13(15)18/h2-7,14,19H,8H2,1H3. The zero-order valence-electron chi connectivity index (χ0n) is 11.1. The summed E-state index contributed by atoms with van der Waals surface area (Å²) in [5.41, 5.74) is 0.686. The van der Waals surface area contributed by atoms with Crippen LogP contribution in [0.25, 0.3) is 0 Å². The molecular weight excluding hydrogens is 335 g/mol. The molecule has 0 saturated carbocycles. The van der Waals surface area contributed by atoms with Gasteiger partial charge in [-0.1, -0.05) is 46.9 Å². The van der Waals surface area contributed by atoms with E-state index in [0.29, 0.717) is 32.1 Å². The summed E-state index contributed by atoms with van der Waals surface area (Å²) in [6, 6.07) is 10.1. The Morgan fingerprint density at radius 1 is 1.05 bits per heavy atom. The first-order chi connectivity index (χ1) is 10.0. The van der Waals surface area contributed by atoms with Crippen LogP contribution in [0, 0.1) is 0 Å². The van der Waals surface area contributed by atoms with Crippen molar-refractivity contribution in [2.24, 2.45) is 0 Å². The molecule has 0 saturated heterocycles. The zero-order chi connectivity index (χ0) is 15.4. The Bertz CT molecular complexity index is 632. The van der Waals surface area contributed by atoms with E-state index >= 15 is 0 Å². The maximum Gasteiger partial charge on any atom is 0.139 e. The highest BCUT2D eigenvalue weighted by Gasteiger charge is 2.12. The van der Waals surface area contributed by atoms with Gasteiger partial charge in [0, 0.05) is 6.07 Å². The molecule has 6 heteroatoms. The first kappa shape index (κ1) is 16.2. The Labute approximate surface area is 138 Å². The van der Waals surface area contributed by atoms with Crippen molar-refractivity contribution >= 4 is 34.8 Å². The first-order valence-electron chi connectivity index (χ1n) is 6.10. The van der Waals surface area contributed by atoms with Gasteiger partial charge in [0.05, 0.1) is 22.2 Å². The van der Waals surface area contributed by atoms with E-state index in [2.05, 4.69) is 0 Å². The summed E-state index contributed by atoms with van der Waals surface area (Å²) in [6.07, 6.45) is -0.814. The van der Waals surface area contributed by atoms with Gasteiger partial charge in [-0.3, -0.25) is 0 Å². The number of halogens is 3. The van der Waals surface area contributed by atoms with Crippen molar-refractivity contribution in [3.05, 3.63) is 57.0 Å². The second-order valence-corrected chi connectivity index (χ2v) is 5.52. The predicted molar refractivity (Wildman–Crippen MR) is 84.9 cm³/mol. The van der Waals surface area contributed by atoms with Crippen molar-refractivity contribution in [2.45, 2.75) is 6.10 Å². The van der Waals surface area contributed by atoms with Gasteiger partial charge in [0.2, 0.25) is 0 Å². The molecule has 0 aliphatic rings. The summed E-state index contributed by atoms with van der Waals surface area (Å²) < 4.78 is 10.6. The predicted octanol–water partition coefficient (Wildman–Crippen LogP) is 4.77. The number of hydrogen-bond donors (Lipinski definition) is 1. The summed E-state index contributed by atoms with van der Waals surface area (Å²) in [4.78, 5) is 0. The number of ether oxygens (including phenoxy) is 2. The second-order valence-electron chi connectivity index (χ2n) is 4.30. The molecule has 3 nitrogen and oxygen atoms in total. The molecule has 0 radical (unpaired) electrons. The molecule has 21 heavy (non-hydrogen) atoms. The van der Waals surface area contributed by atoms with Gasteiger partial charge in [0.25, 0.3) is 0 Å². The smallest absolute Gasteiger partial charge is 0.139 e. The van der Waals surface area contributed by atoms with Crippen molar-refractivity contribution in [2.75, 3.05) is 13.7 Å². The molecule has 0 amide bonds.